The lowest BCUT2D eigenvalue weighted by Gasteiger charge is -2.17. The van der Waals surface area contributed by atoms with Crippen LogP contribution in [0, 0.1) is 0 Å². The van der Waals surface area contributed by atoms with Crippen LogP contribution in [0.25, 0.3) is 0 Å². The smallest absolute Gasteiger partial charge is 0.272 e. The van der Waals surface area contributed by atoms with Gasteiger partial charge in [-0.05, 0) is 64.5 Å². The molecule has 0 unspecified atom stereocenters. The van der Waals surface area contributed by atoms with Crippen LogP contribution in [-0.4, -0.2) is 21.5 Å². The van der Waals surface area contributed by atoms with Gasteiger partial charge in [-0.15, -0.1) is 11.3 Å². The molecule has 0 bridgehead atoms. The summed E-state index contributed by atoms with van der Waals surface area (Å²) in [5.41, 5.74) is 1.73. The van der Waals surface area contributed by atoms with Crippen molar-refractivity contribution < 1.29 is 8.42 Å². The van der Waals surface area contributed by atoms with Crippen LogP contribution >= 0.6 is 27.3 Å². The van der Waals surface area contributed by atoms with E-state index in [0.717, 1.165) is 18.8 Å². The number of nitrogens with zero attached hydrogens (tertiary/aromatic N) is 1. The van der Waals surface area contributed by atoms with E-state index in [1.807, 2.05) is 24.3 Å². The molecule has 1 saturated heterocycles. The van der Waals surface area contributed by atoms with Crippen molar-refractivity contribution in [3.05, 3.63) is 40.2 Å². The minimum Gasteiger partial charge on any atom is -0.372 e. The van der Waals surface area contributed by atoms with Gasteiger partial charge in [-0.25, -0.2) is 8.42 Å². The molecule has 7 heteroatoms. The van der Waals surface area contributed by atoms with Crippen molar-refractivity contribution in [2.24, 2.45) is 0 Å². The van der Waals surface area contributed by atoms with Crippen LogP contribution < -0.4 is 9.62 Å². The molecule has 0 atom stereocenters. The maximum absolute atomic E-state index is 12.3. The second-order valence-corrected chi connectivity index (χ2v) is 8.55. The molecule has 2 aromatic rings. The minimum atomic E-state index is -3.52. The molecule has 1 aromatic heterocycles. The van der Waals surface area contributed by atoms with Gasteiger partial charge in [-0.1, -0.05) is 0 Å². The maximum Gasteiger partial charge on any atom is 0.272 e. The Bertz CT molecular complexity index is 720. The molecule has 21 heavy (non-hydrogen) atoms. The van der Waals surface area contributed by atoms with Gasteiger partial charge in [-0.2, -0.15) is 0 Å². The van der Waals surface area contributed by atoms with Crippen LogP contribution in [0.3, 0.4) is 0 Å². The highest BCUT2D eigenvalue weighted by Crippen LogP contribution is 2.30. The second-order valence-electron chi connectivity index (χ2n) is 4.90. The number of sulfonamides is 1. The first-order valence-electron chi connectivity index (χ1n) is 6.67. The summed E-state index contributed by atoms with van der Waals surface area (Å²) in [7, 11) is -3.52. The lowest BCUT2D eigenvalue weighted by molar-refractivity contribution is 0.603. The van der Waals surface area contributed by atoms with Crippen LogP contribution in [0.15, 0.2) is 44.4 Å². The van der Waals surface area contributed by atoms with Crippen molar-refractivity contribution in [1.82, 2.24) is 0 Å². The van der Waals surface area contributed by atoms with Crippen molar-refractivity contribution >= 4 is 48.7 Å². The summed E-state index contributed by atoms with van der Waals surface area (Å²) in [6, 6.07) is 9.29. The number of halogens is 1. The SMILES string of the molecule is O=S(=O)(Nc1ccc(N2CCCC2)cc1)c1sccc1Br. The van der Waals surface area contributed by atoms with Crippen LogP contribution in [0.1, 0.15) is 12.8 Å². The molecule has 0 spiro atoms. The molecule has 112 valence electrons. The molecule has 0 aliphatic carbocycles. The van der Waals surface area contributed by atoms with Crippen molar-refractivity contribution in [2.45, 2.75) is 17.1 Å². The fraction of sp³-hybridized carbons (Fsp3) is 0.286. The highest BCUT2D eigenvalue weighted by Gasteiger charge is 2.19. The topological polar surface area (TPSA) is 49.4 Å². The maximum atomic E-state index is 12.3. The van der Waals surface area contributed by atoms with Gasteiger partial charge in [0.25, 0.3) is 10.0 Å². The van der Waals surface area contributed by atoms with E-state index in [1.165, 1.54) is 24.2 Å². The molecule has 1 aliphatic rings. The fourth-order valence-corrected chi connectivity index (χ4v) is 5.79. The number of hydrogen-bond donors (Lipinski definition) is 1. The number of anilines is 2. The van der Waals surface area contributed by atoms with E-state index in [9.17, 15) is 8.42 Å². The van der Waals surface area contributed by atoms with Gasteiger partial charge in [0.05, 0.1) is 0 Å². The van der Waals surface area contributed by atoms with Crippen molar-refractivity contribution in [2.75, 3.05) is 22.7 Å². The minimum absolute atomic E-state index is 0.297. The molecule has 1 aromatic carbocycles. The first-order valence-corrected chi connectivity index (χ1v) is 9.83. The third-order valence-corrected chi connectivity index (χ3v) is 7.47. The Hall–Kier alpha value is -1.05. The third-order valence-electron chi connectivity index (χ3n) is 3.42. The van der Waals surface area contributed by atoms with E-state index in [4.69, 9.17) is 0 Å². The van der Waals surface area contributed by atoms with E-state index in [-0.39, 0.29) is 0 Å². The molecule has 0 radical (unpaired) electrons. The molecule has 1 N–H and O–H groups in total. The summed E-state index contributed by atoms with van der Waals surface area (Å²) in [5.74, 6) is 0. The van der Waals surface area contributed by atoms with Gasteiger partial charge in [0, 0.05) is 28.9 Å². The highest BCUT2D eigenvalue weighted by molar-refractivity contribution is 9.10. The molecule has 2 heterocycles. The van der Waals surface area contributed by atoms with Gasteiger partial charge in [0.1, 0.15) is 0 Å². The molecule has 0 amide bonds. The lowest BCUT2D eigenvalue weighted by atomic mass is 10.2. The number of benzene rings is 1. The normalized spacial score (nSPS) is 15.4. The molecule has 1 fully saturated rings. The van der Waals surface area contributed by atoms with Crippen LogP contribution in [0.5, 0.6) is 0 Å². The fourth-order valence-electron chi connectivity index (χ4n) is 2.39. The van der Waals surface area contributed by atoms with Gasteiger partial charge < -0.3 is 4.90 Å². The number of nitrogens with one attached hydrogen (secondary N) is 1. The average Bonchev–Trinajstić information content (AvgIpc) is 3.10. The molecular formula is C14H15BrN2O2S2. The summed E-state index contributed by atoms with van der Waals surface area (Å²) in [5, 5.41) is 1.75. The molecule has 1 aliphatic heterocycles. The molecule has 0 saturated carbocycles. The van der Waals surface area contributed by atoms with Gasteiger partial charge in [-0.3, -0.25) is 4.72 Å². The molecular weight excluding hydrogens is 372 g/mol. The van der Waals surface area contributed by atoms with E-state index < -0.39 is 10.0 Å². The zero-order valence-corrected chi connectivity index (χ0v) is 14.5. The van der Waals surface area contributed by atoms with Gasteiger partial charge in [0.15, 0.2) is 4.21 Å². The van der Waals surface area contributed by atoms with E-state index >= 15 is 0 Å². The summed E-state index contributed by atoms with van der Waals surface area (Å²) < 4.78 is 28.1. The van der Waals surface area contributed by atoms with Gasteiger partial charge >= 0.3 is 0 Å². The predicted molar refractivity (Wildman–Crippen MR) is 90.7 cm³/mol. The Morgan fingerprint density at radius 1 is 1.10 bits per heavy atom. The number of rotatable bonds is 4. The van der Waals surface area contributed by atoms with E-state index in [2.05, 4.69) is 25.6 Å². The Kier molecular flexibility index (Phi) is 4.24. The number of thiophene rings is 1. The highest BCUT2D eigenvalue weighted by atomic mass is 79.9. The van der Waals surface area contributed by atoms with Gasteiger partial charge in [0.2, 0.25) is 0 Å². The second kappa shape index (κ2) is 5.98. The summed E-state index contributed by atoms with van der Waals surface area (Å²) in [4.78, 5) is 2.31. The summed E-state index contributed by atoms with van der Waals surface area (Å²) in [6.45, 7) is 2.15. The third kappa shape index (κ3) is 3.25. The van der Waals surface area contributed by atoms with Crippen LogP contribution in [0.4, 0.5) is 11.4 Å². The standard InChI is InChI=1S/C14H15BrN2O2S2/c15-13-7-10-20-14(13)21(18,19)16-11-3-5-12(6-4-11)17-8-1-2-9-17/h3-7,10,16H,1-2,8-9H2. The summed E-state index contributed by atoms with van der Waals surface area (Å²) >= 11 is 4.45. The van der Waals surface area contributed by atoms with Crippen LogP contribution in [-0.2, 0) is 10.0 Å². The van der Waals surface area contributed by atoms with Crippen LogP contribution in [0.2, 0.25) is 0 Å². The molecule has 4 nitrogen and oxygen atoms in total. The largest absolute Gasteiger partial charge is 0.372 e. The first-order chi connectivity index (χ1) is 10.1. The zero-order chi connectivity index (χ0) is 14.9. The monoisotopic (exact) mass is 386 g/mol. The molecule has 3 rings (SSSR count). The van der Waals surface area contributed by atoms with Crippen molar-refractivity contribution in [3.63, 3.8) is 0 Å². The first kappa shape index (κ1) is 14.9. The Morgan fingerprint density at radius 2 is 1.76 bits per heavy atom. The summed E-state index contributed by atoms with van der Waals surface area (Å²) in [6.07, 6.45) is 2.45. The van der Waals surface area contributed by atoms with E-state index in [1.54, 1.807) is 11.4 Å². The predicted octanol–water partition coefficient (Wildman–Crippen LogP) is 3.91. The Balaban J connectivity index is 1.77. The van der Waals surface area contributed by atoms with Crippen molar-refractivity contribution in [1.29, 1.82) is 0 Å². The Morgan fingerprint density at radius 3 is 2.33 bits per heavy atom. The average molecular weight is 387 g/mol. The quantitative estimate of drug-likeness (QED) is 0.866. The Labute approximate surface area is 137 Å². The van der Waals surface area contributed by atoms with Crippen molar-refractivity contribution in [3.8, 4) is 0 Å². The van der Waals surface area contributed by atoms with E-state index in [0.29, 0.717) is 14.4 Å². The number of hydrogen-bond acceptors (Lipinski definition) is 4. The lowest BCUT2D eigenvalue weighted by Crippen LogP contribution is -2.17. The zero-order valence-electron chi connectivity index (χ0n) is 11.3.